The van der Waals surface area contributed by atoms with Gasteiger partial charge in [-0.2, -0.15) is 0 Å². The maximum atomic E-state index is 5.89. The van der Waals surface area contributed by atoms with Gasteiger partial charge < -0.3 is 14.8 Å². The Morgan fingerprint density at radius 3 is 2.89 bits per heavy atom. The number of nitrogens with one attached hydrogen (secondary N) is 1. The van der Waals surface area contributed by atoms with Crippen molar-refractivity contribution >= 4 is 15.9 Å². The highest BCUT2D eigenvalue weighted by Crippen LogP contribution is 2.32. The molecule has 0 saturated carbocycles. The van der Waals surface area contributed by atoms with Crippen LogP contribution in [0.5, 0.6) is 5.75 Å². The Hall–Kier alpha value is -0.580. The van der Waals surface area contributed by atoms with Gasteiger partial charge in [-0.05, 0) is 66.9 Å². The average molecular weight is 328 g/mol. The van der Waals surface area contributed by atoms with Crippen molar-refractivity contribution in [3.05, 3.63) is 28.2 Å². The third-order valence-corrected chi connectivity index (χ3v) is 4.13. The van der Waals surface area contributed by atoms with Gasteiger partial charge in [0.05, 0.1) is 23.2 Å². The molecule has 1 fully saturated rings. The van der Waals surface area contributed by atoms with Crippen LogP contribution in [0.3, 0.4) is 0 Å². The molecule has 0 radical (unpaired) electrons. The molecule has 19 heavy (non-hydrogen) atoms. The zero-order chi connectivity index (χ0) is 13.7. The van der Waals surface area contributed by atoms with E-state index in [2.05, 4.69) is 33.4 Å². The summed E-state index contributed by atoms with van der Waals surface area (Å²) in [5.74, 6) is 0.894. The minimum atomic E-state index is 0.243. The Kier molecular flexibility index (Phi) is 5.67. The van der Waals surface area contributed by atoms with Crippen molar-refractivity contribution in [1.29, 1.82) is 0 Å². The molecule has 0 aliphatic carbocycles. The van der Waals surface area contributed by atoms with Crippen LogP contribution < -0.4 is 10.1 Å². The third kappa shape index (κ3) is 3.71. The standard InChI is InChI=1S/C15H22BrNO2/c1-3-18-13-8-7-11(10-12(13)16)15(17-2)14-6-4-5-9-19-14/h7-8,10,14-15,17H,3-6,9H2,1-2H3. The first-order valence-electron chi connectivity index (χ1n) is 6.97. The average Bonchev–Trinajstić information content (AvgIpc) is 2.44. The minimum absolute atomic E-state index is 0.243. The minimum Gasteiger partial charge on any atom is -0.493 e. The van der Waals surface area contributed by atoms with E-state index in [0.717, 1.165) is 23.2 Å². The highest BCUT2D eigenvalue weighted by atomic mass is 79.9. The predicted octanol–water partition coefficient (Wildman–Crippen LogP) is 3.68. The van der Waals surface area contributed by atoms with Gasteiger partial charge in [0.15, 0.2) is 0 Å². The summed E-state index contributed by atoms with van der Waals surface area (Å²) in [6, 6.07) is 6.52. The lowest BCUT2D eigenvalue weighted by molar-refractivity contribution is -0.00664. The SMILES string of the molecule is CCOc1ccc(C(NC)C2CCCCO2)cc1Br. The summed E-state index contributed by atoms with van der Waals surface area (Å²) in [5, 5.41) is 3.38. The summed E-state index contributed by atoms with van der Waals surface area (Å²) in [6.07, 6.45) is 3.82. The van der Waals surface area contributed by atoms with E-state index < -0.39 is 0 Å². The molecule has 0 bridgehead atoms. The number of ether oxygens (including phenoxy) is 2. The molecule has 2 unspecified atom stereocenters. The van der Waals surface area contributed by atoms with Crippen molar-refractivity contribution in [1.82, 2.24) is 5.32 Å². The Bertz CT molecular complexity index is 405. The first-order valence-corrected chi connectivity index (χ1v) is 7.76. The van der Waals surface area contributed by atoms with Crippen LogP contribution in [-0.2, 0) is 4.74 Å². The van der Waals surface area contributed by atoms with Crippen LogP contribution in [0.15, 0.2) is 22.7 Å². The Morgan fingerprint density at radius 2 is 2.32 bits per heavy atom. The molecule has 1 aromatic rings. The van der Waals surface area contributed by atoms with Crippen LogP contribution in [-0.4, -0.2) is 26.4 Å². The number of hydrogen-bond donors (Lipinski definition) is 1. The van der Waals surface area contributed by atoms with Gasteiger partial charge in [0, 0.05) is 6.61 Å². The van der Waals surface area contributed by atoms with E-state index in [0.29, 0.717) is 6.61 Å². The summed E-state index contributed by atoms with van der Waals surface area (Å²) < 4.78 is 12.4. The predicted molar refractivity (Wildman–Crippen MR) is 80.7 cm³/mol. The molecule has 1 aliphatic rings. The van der Waals surface area contributed by atoms with Crippen LogP contribution in [0, 0.1) is 0 Å². The number of hydrogen-bond acceptors (Lipinski definition) is 3. The molecule has 2 rings (SSSR count). The van der Waals surface area contributed by atoms with Gasteiger partial charge in [-0.1, -0.05) is 6.07 Å². The number of halogens is 1. The number of rotatable bonds is 5. The van der Waals surface area contributed by atoms with E-state index in [1.165, 1.54) is 18.4 Å². The fourth-order valence-corrected chi connectivity index (χ4v) is 3.09. The second-order valence-corrected chi connectivity index (χ2v) is 5.65. The molecule has 1 aromatic carbocycles. The second kappa shape index (κ2) is 7.27. The largest absolute Gasteiger partial charge is 0.493 e. The first-order chi connectivity index (χ1) is 9.26. The molecule has 1 heterocycles. The van der Waals surface area contributed by atoms with Gasteiger partial charge in [0.25, 0.3) is 0 Å². The summed E-state index contributed by atoms with van der Waals surface area (Å²) >= 11 is 3.58. The maximum absolute atomic E-state index is 5.89. The van der Waals surface area contributed by atoms with Gasteiger partial charge in [-0.15, -0.1) is 0 Å². The topological polar surface area (TPSA) is 30.5 Å². The highest BCUT2D eigenvalue weighted by Gasteiger charge is 2.25. The monoisotopic (exact) mass is 327 g/mol. The van der Waals surface area contributed by atoms with E-state index in [4.69, 9.17) is 9.47 Å². The summed E-state index contributed by atoms with van der Waals surface area (Å²) in [7, 11) is 1.99. The van der Waals surface area contributed by atoms with Crippen LogP contribution in [0.4, 0.5) is 0 Å². The lowest BCUT2D eigenvalue weighted by Gasteiger charge is -2.30. The lowest BCUT2D eigenvalue weighted by Crippen LogP contribution is -2.34. The zero-order valence-corrected chi connectivity index (χ0v) is 13.2. The first kappa shape index (κ1) is 14.8. The molecule has 1 aliphatic heterocycles. The normalized spacial score (nSPS) is 21.1. The summed E-state index contributed by atoms with van der Waals surface area (Å²) in [4.78, 5) is 0. The van der Waals surface area contributed by atoms with E-state index in [1.54, 1.807) is 0 Å². The molecule has 1 N–H and O–H groups in total. The van der Waals surface area contributed by atoms with Gasteiger partial charge in [0.2, 0.25) is 0 Å². The summed E-state index contributed by atoms with van der Waals surface area (Å²) in [5.41, 5.74) is 1.24. The Balaban J connectivity index is 2.15. The Labute approximate surface area is 123 Å². The van der Waals surface area contributed by atoms with Crippen LogP contribution in [0.25, 0.3) is 0 Å². The van der Waals surface area contributed by atoms with E-state index in [9.17, 15) is 0 Å². The molecule has 4 heteroatoms. The quantitative estimate of drug-likeness (QED) is 0.894. The van der Waals surface area contributed by atoms with Crippen molar-refractivity contribution in [3.8, 4) is 5.75 Å². The van der Waals surface area contributed by atoms with Crippen molar-refractivity contribution in [2.24, 2.45) is 0 Å². The maximum Gasteiger partial charge on any atom is 0.133 e. The fourth-order valence-electron chi connectivity index (χ4n) is 2.58. The molecule has 0 amide bonds. The molecule has 1 saturated heterocycles. The van der Waals surface area contributed by atoms with Crippen LogP contribution >= 0.6 is 15.9 Å². The lowest BCUT2D eigenvalue weighted by atomic mass is 9.96. The van der Waals surface area contributed by atoms with Gasteiger partial charge in [-0.25, -0.2) is 0 Å². The molecule has 3 nitrogen and oxygen atoms in total. The van der Waals surface area contributed by atoms with Gasteiger partial charge in [-0.3, -0.25) is 0 Å². The van der Waals surface area contributed by atoms with Crippen LogP contribution in [0.2, 0.25) is 0 Å². The van der Waals surface area contributed by atoms with Crippen molar-refractivity contribution in [3.63, 3.8) is 0 Å². The molecule has 2 atom stereocenters. The van der Waals surface area contributed by atoms with Crippen molar-refractivity contribution in [2.45, 2.75) is 38.3 Å². The molecular formula is C15H22BrNO2. The summed E-state index contributed by atoms with van der Waals surface area (Å²) in [6.45, 7) is 3.55. The van der Waals surface area contributed by atoms with Gasteiger partial charge >= 0.3 is 0 Å². The smallest absolute Gasteiger partial charge is 0.133 e. The molecule has 0 aromatic heterocycles. The van der Waals surface area contributed by atoms with Crippen molar-refractivity contribution < 1.29 is 9.47 Å². The number of benzene rings is 1. The van der Waals surface area contributed by atoms with E-state index in [1.807, 2.05) is 20.0 Å². The Morgan fingerprint density at radius 1 is 1.47 bits per heavy atom. The third-order valence-electron chi connectivity index (χ3n) is 3.51. The molecule has 106 valence electrons. The zero-order valence-electron chi connectivity index (χ0n) is 11.6. The van der Waals surface area contributed by atoms with E-state index >= 15 is 0 Å². The fraction of sp³-hybridized carbons (Fsp3) is 0.600. The molecule has 0 spiro atoms. The van der Waals surface area contributed by atoms with E-state index in [-0.39, 0.29) is 12.1 Å². The highest BCUT2D eigenvalue weighted by molar-refractivity contribution is 9.10. The van der Waals surface area contributed by atoms with Gasteiger partial charge in [0.1, 0.15) is 5.75 Å². The second-order valence-electron chi connectivity index (χ2n) is 4.79. The molecular weight excluding hydrogens is 306 g/mol. The van der Waals surface area contributed by atoms with Crippen LogP contribution in [0.1, 0.15) is 37.8 Å². The number of likely N-dealkylation sites (N-methyl/N-ethyl adjacent to an activating group) is 1. The van der Waals surface area contributed by atoms with Crippen molar-refractivity contribution in [2.75, 3.05) is 20.3 Å².